The highest BCUT2D eigenvalue weighted by Gasteiger charge is 2.49. The highest BCUT2D eigenvalue weighted by molar-refractivity contribution is 5.73. The number of fused-ring (bicyclic) bond motifs is 1. The Labute approximate surface area is 183 Å². The van der Waals surface area contributed by atoms with Gasteiger partial charge in [-0.15, -0.1) is 0 Å². The smallest absolute Gasteiger partial charge is 0.373 e. The van der Waals surface area contributed by atoms with Gasteiger partial charge in [-0.2, -0.15) is 18.3 Å². The van der Waals surface area contributed by atoms with Crippen molar-refractivity contribution in [3.8, 4) is 0 Å². The van der Waals surface area contributed by atoms with E-state index in [1.54, 1.807) is 10.9 Å². The van der Waals surface area contributed by atoms with E-state index >= 15 is 0 Å². The third-order valence-corrected chi connectivity index (χ3v) is 6.72. The van der Waals surface area contributed by atoms with Crippen molar-refractivity contribution >= 4 is 11.2 Å². The summed E-state index contributed by atoms with van der Waals surface area (Å²) in [7, 11) is 1.86. The lowest BCUT2D eigenvalue weighted by atomic mass is 9.72. The van der Waals surface area contributed by atoms with Crippen LogP contribution in [0.25, 0.3) is 11.2 Å². The average Bonchev–Trinajstić information content (AvgIpc) is 3.13. The summed E-state index contributed by atoms with van der Waals surface area (Å²) < 4.78 is 47.0. The van der Waals surface area contributed by atoms with Crippen molar-refractivity contribution in [3.63, 3.8) is 0 Å². The normalized spacial score (nSPS) is 26.3. The van der Waals surface area contributed by atoms with Gasteiger partial charge >= 0.3 is 6.18 Å². The van der Waals surface area contributed by atoms with Gasteiger partial charge in [0, 0.05) is 37.3 Å². The maximum Gasteiger partial charge on any atom is 0.391 e. The van der Waals surface area contributed by atoms with E-state index in [2.05, 4.69) is 15.1 Å². The molecular formula is C22H25F3N6O. The van der Waals surface area contributed by atoms with E-state index in [-0.39, 0.29) is 30.8 Å². The number of aryl methyl sites for hydroxylation is 3. The van der Waals surface area contributed by atoms with Crippen molar-refractivity contribution in [2.45, 2.75) is 63.6 Å². The van der Waals surface area contributed by atoms with Crippen molar-refractivity contribution in [3.05, 3.63) is 40.9 Å². The highest BCUT2D eigenvalue weighted by Crippen LogP contribution is 2.50. The molecular weight excluding hydrogens is 421 g/mol. The van der Waals surface area contributed by atoms with Gasteiger partial charge in [0.25, 0.3) is 0 Å². The Kier molecular flexibility index (Phi) is 5.15. The Morgan fingerprint density at radius 1 is 1.00 bits per heavy atom. The lowest BCUT2D eigenvalue weighted by molar-refractivity contribution is -0.197. The molecule has 7 nitrogen and oxygen atoms in total. The number of rotatable bonds is 3. The maximum absolute atomic E-state index is 13.1. The first-order valence-electron chi connectivity index (χ1n) is 10.9. The second-order valence-corrected chi connectivity index (χ2v) is 8.97. The molecule has 0 unspecified atom stereocenters. The summed E-state index contributed by atoms with van der Waals surface area (Å²) in [5.74, 6) is -0.911. The molecule has 0 radical (unpaired) electrons. The predicted octanol–water partition coefficient (Wildman–Crippen LogP) is 4.46. The number of aromatic nitrogens is 6. The Balaban J connectivity index is 1.50. The minimum Gasteiger partial charge on any atom is -0.373 e. The molecule has 0 spiro atoms. The van der Waals surface area contributed by atoms with Crippen LogP contribution in [0, 0.1) is 19.8 Å². The van der Waals surface area contributed by atoms with Crippen LogP contribution in [-0.4, -0.2) is 42.5 Å². The lowest BCUT2D eigenvalue weighted by Crippen LogP contribution is -2.35. The van der Waals surface area contributed by atoms with Gasteiger partial charge in [0.15, 0.2) is 5.65 Å². The minimum absolute atomic E-state index is 0.0269. The molecule has 0 amide bonds. The molecule has 0 bridgehead atoms. The van der Waals surface area contributed by atoms with Crippen LogP contribution in [0.4, 0.5) is 13.2 Å². The van der Waals surface area contributed by atoms with Crippen molar-refractivity contribution in [2.75, 3.05) is 6.61 Å². The first kappa shape index (κ1) is 21.2. The van der Waals surface area contributed by atoms with Crippen LogP contribution >= 0.6 is 0 Å². The lowest BCUT2D eigenvalue weighted by Gasteiger charge is -2.36. The second kappa shape index (κ2) is 7.75. The fraction of sp³-hybridized carbons (Fsp3) is 0.591. The molecule has 2 fully saturated rings. The van der Waals surface area contributed by atoms with E-state index in [1.807, 2.05) is 27.1 Å². The molecule has 1 saturated heterocycles. The highest BCUT2D eigenvalue weighted by atomic mass is 19.4. The second-order valence-electron chi connectivity index (χ2n) is 8.97. The summed E-state index contributed by atoms with van der Waals surface area (Å²) in [5, 5.41) is 4.23. The quantitative estimate of drug-likeness (QED) is 0.591. The van der Waals surface area contributed by atoms with Crippen molar-refractivity contribution in [1.29, 1.82) is 0 Å². The van der Waals surface area contributed by atoms with Gasteiger partial charge < -0.3 is 4.74 Å². The molecule has 3 aromatic rings. The van der Waals surface area contributed by atoms with E-state index in [9.17, 15) is 13.2 Å². The summed E-state index contributed by atoms with van der Waals surface area (Å²) in [5.41, 5.74) is 4.09. The largest absolute Gasteiger partial charge is 0.391 e. The zero-order chi connectivity index (χ0) is 22.6. The van der Waals surface area contributed by atoms with Crippen LogP contribution in [-0.2, 0) is 11.8 Å². The molecule has 0 aromatic carbocycles. The number of alkyl halides is 3. The van der Waals surface area contributed by atoms with Gasteiger partial charge in [0.2, 0.25) is 0 Å². The monoisotopic (exact) mass is 446 g/mol. The molecule has 10 heteroatoms. The minimum atomic E-state index is -4.17. The van der Waals surface area contributed by atoms with Crippen LogP contribution < -0.4 is 0 Å². The molecule has 3 aromatic heterocycles. The van der Waals surface area contributed by atoms with Crippen molar-refractivity contribution in [1.82, 2.24) is 29.7 Å². The van der Waals surface area contributed by atoms with Gasteiger partial charge in [-0.25, -0.2) is 19.9 Å². The summed E-state index contributed by atoms with van der Waals surface area (Å²) in [4.78, 5) is 18.7. The third-order valence-electron chi connectivity index (χ3n) is 6.72. The van der Waals surface area contributed by atoms with Crippen LogP contribution in [0.3, 0.4) is 0 Å². The van der Waals surface area contributed by atoms with Crippen LogP contribution in [0.2, 0.25) is 0 Å². The molecule has 1 aliphatic carbocycles. The Morgan fingerprint density at radius 2 is 1.75 bits per heavy atom. The van der Waals surface area contributed by atoms with Gasteiger partial charge in [-0.1, -0.05) is 0 Å². The van der Waals surface area contributed by atoms with E-state index in [1.165, 1.54) is 0 Å². The predicted molar refractivity (Wildman–Crippen MR) is 110 cm³/mol. The van der Waals surface area contributed by atoms with Gasteiger partial charge in [-0.05, 0) is 39.5 Å². The number of ether oxygens (including phenoxy) is 1. The van der Waals surface area contributed by atoms with Crippen LogP contribution in [0.15, 0.2) is 12.4 Å². The zero-order valence-electron chi connectivity index (χ0n) is 18.2. The maximum atomic E-state index is 13.1. The average molecular weight is 446 g/mol. The topological polar surface area (TPSA) is 78.6 Å². The molecule has 4 heterocycles. The fourth-order valence-corrected chi connectivity index (χ4v) is 4.60. The third kappa shape index (κ3) is 3.85. The van der Waals surface area contributed by atoms with E-state index in [0.717, 1.165) is 23.4 Å². The number of hydrogen-bond donors (Lipinski definition) is 0. The summed E-state index contributed by atoms with van der Waals surface area (Å²) in [6.07, 6.45) is 0.949. The van der Waals surface area contributed by atoms with E-state index in [0.29, 0.717) is 35.7 Å². The standard InChI is InChI=1S/C22H25F3N6O/c1-11-12(2)28-21-19(27-11)18(14-6-16(7-14)22(23,24)25)29-20(30-21)13-4-5-32-17(8-13)15-9-26-31(3)10-15/h9-10,13-14,16-17H,4-8H2,1-3H3/t13-,14?,16?,17-/m0/s1. The zero-order valence-corrected chi connectivity index (χ0v) is 18.2. The van der Waals surface area contributed by atoms with Gasteiger partial charge in [0.1, 0.15) is 11.3 Å². The van der Waals surface area contributed by atoms with Gasteiger partial charge in [-0.3, -0.25) is 4.68 Å². The van der Waals surface area contributed by atoms with E-state index in [4.69, 9.17) is 14.7 Å². The van der Waals surface area contributed by atoms with E-state index < -0.39 is 12.1 Å². The van der Waals surface area contributed by atoms with Crippen molar-refractivity contribution < 1.29 is 17.9 Å². The number of halogens is 3. The van der Waals surface area contributed by atoms with Crippen molar-refractivity contribution in [2.24, 2.45) is 13.0 Å². The Morgan fingerprint density at radius 3 is 2.44 bits per heavy atom. The van der Waals surface area contributed by atoms with Gasteiger partial charge in [0.05, 0.1) is 35.3 Å². The Hall–Kier alpha value is -2.62. The molecule has 2 atom stereocenters. The summed E-state index contributed by atoms with van der Waals surface area (Å²) in [6, 6.07) is 0. The molecule has 170 valence electrons. The Bertz CT molecular complexity index is 1150. The fourth-order valence-electron chi connectivity index (χ4n) is 4.60. The molecule has 0 N–H and O–H groups in total. The number of hydrogen-bond acceptors (Lipinski definition) is 6. The SMILES string of the molecule is Cc1nc2nc([C@H]3CCO[C@H](c4cnn(C)c4)C3)nc(C3CC(C(F)(F)F)C3)c2nc1C. The first-order valence-corrected chi connectivity index (χ1v) is 10.9. The first-order chi connectivity index (χ1) is 15.2. The van der Waals surface area contributed by atoms with Crippen LogP contribution in [0.1, 0.15) is 72.1 Å². The molecule has 1 aliphatic heterocycles. The summed E-state index contributed by atoms with van der Waals surface area (Å²) in [6.45, 7) is 4.26. The van der Waals surface area contributed by atoms with Crippen LogP contribution in [0.5, 0.6) is 0 Å². The summed E-state index contributed by atoms with van der Waals surface area (Å²) >= 11 is 0. The molecule has 2 aliphatic rings. The molecule has 5 rings (SSSR count). The molecule has 32 heavy (non-hydrogen) atoms. The molecule has 1 saturated carbocycles. The number of nitrogens with zero attached hydrogens (tertiary/aromatic N) is 6.